The van der Waals surface area contributed by atoms with Crippen LogP contribution in [0.15, 0.2) is 54.6 Å². The average Bonchev–Trinajstić information content (AvgIpc) is 2.68. The van der Waals surface area contributed by atoms with Crippen LogP contribution in [0.2, 0.25) is 0 Å². The Bertz CT molecular complexity index is 719. The summed E-state index contributed by atoms with van der Waals surface area (Å²) in [6, 6.07) is 18.8. The maximum absolute atomic E-state index is 10.5. The molecule has 1 N–H and O–H groups in total. The van der Waals surface area contributed by atoms with Crippen molar-refractivity contribution >= 4 is 0 Å². The lowest BCUT2D eigenvalue weighted by Crippen LogP contribution is -2.48. The Labute approximate surface area is 169 Å². The van der Waals surface area contributed by atoms with Gasteiger partial charge in [-0.1, -0.05) is 69.3 Å². The van der Waals surface area contributed by atoms with Crippen LogP contribution in [-0.4, -0.2) is 60.3 Å². The number of nitrogens with zero attached hydrogens (tertiary/aromatic N) is 2. The molecule has 4 heteroatoms. The van der Waals surface area contributed by atoms with E-state index in [1.807, 2.05) is 18.2 Å². The molecule has 0 aromatic heterocycles. The van der Waals surface area contributed by atoms with Gasteiger partial charge in [0.1, 0.15) is 18.5 Å². The number of aliphatic hydroxyl groups is 1. The smallest absolute Gasteiger partial charge is 0.123 e. The molecule has 1 atom stereocenters. The lowest BCUT2D eigenvalue weighted by atomic mass is 9.86. The van der Waals surface area contributed by atoms with Gasteiger partial charge >= 0.3 is 0 Å². The van der Waals surface area contributed by atoms with Gasteiger partial charge < -0.3 is 9.84 Å². The normalized spacial score (nSPS) is 17.4. The minimum atomic E-state index is -0.478. The Kier molecular flexibility index (Phi) is 7.11. The minimum Gasteiger partial charge on any atom is -0.491 e. The third-order valence-corrected chi connectivity index (χ3v) is 5.31. The Hall–Kier alpha value is -1.88. The van der Waals surface area contributed by atoms with Gasteiger partial charge in [0.15, 0.2) is 0 Å². The molecule has 1 saturated heterocycles. The Morgan fingerprint density at radius 3 is 2.18 bits per heavy atom. The highest BCUT2D eigenvalue weighted by molar-refractivity contribution is 5.38. The highest BCUT2D eigenvalue weighted by Gasteiger charge is 2.21. The molecule has 4 nitrogen and oxygen atoms in total. The summed E-state index contributed by atoms with van der Waals surface area (Å²) in [5, 5.41) is 10.5. The van der Waals surface area contributed by atoms with Crippen molar-refractivity contribution in [2.45, 2.75) is 38.8 Å². The fraction of sp³-hybridized carbons (Fsp3) is 0.500. The predicted molar refractivity (Wildman–Crippen MR) is 115 cm³/mol. The second-order valence-corrected chi connectivity index (χ2v) is 8.77. The molecule has 152 valence electrons. The molecule has 1 aliphatic heterocycles. The summed E-state index contributed by atoms with van der Waals surface area (Å²) in [6.45, 7) is 12.6. The summed E-state index contributed by atoms with van der Waals surface area (Å²) in [4.78, 5) is 4.82. The SMILES string of the molecule is CC(C)(C)c1ccccc1OC[C@@H](O)CN1CCN(Cc2ccccc2)CC1. The second kappa shape index (κ2) is 9.55. The summed E-state index contributed by atoms with van der Waals surface area (Å²) in [5.74, 6) is 0.877. The van der Waals surface area contributed by atoms with Crippen molar-refractivity contribution in [1.82, 2.24) is 9.80 Å². The summed E-state index contributed by atoms with van der Waals surface area (Å²) in [6.07, 6.45) is -0.478. The van der Waals surface area contributed by atoms with Crippen molar-refractivity contribution in [2.75, 3.05) is 39.3 Å². The number of rotatable bonds is 7. The molecule has 0 saturated carbocycles. The van der Waals surface area contributed by atoms with Crippen LogP contribution in [0.25, 0.3) is 0 Å². The maximum atomic E-state index is 10.5. The number of hydrogen-bond donors (Lipinski definition) is 1. The van der Waals surface area contributed by atoms with Crippen molar-refractivity contribution in [1.29, 1.82) is 0 Å². The lowest BCUT2D eigenvalue weighted by molar-refractivity contribution is 0.0442. The third-order valence-electron chi connectivity index (χ3n) is 5.31. The van der Waals surface area contributed by atoms with E-state index >= 15 is 0 Å². The monoisotopic (exact) mass is 382 g/mol. The first-order chi connectivity index (χ1) is 13.4. The molecule has 2 aromatic rings. The van der Waals surface area contributed by atoms with Crippen LogP contribution >= 0.6 is 0 Å². The van der Waals surface area contributed by atoms with Gasteiger partial charge in [0.2, 0.25) is 0 Å². The zero-order valence-corrected chi connectivity index (χ0v) is 17.5. The van der Waals surface area contributed by atoms with E-state index in [4.69, 9.17) is 4.74 Å². The molecular weight excluding hydrogens is 348 g/mol. The number of aliphatic hydroxyl groups excluding tert-OH is 1. The molecule has 0 radical (unpaired) electrons. The predicted octanol–water partition coefficient (Wildman–Crippen LogP) is 3.54. The van der Waals surface area contributed by atoms with Gasteiger partial charge in [0.25, 0.3) is 0 Å². The van der Waals surface area contributed by atoms with Crippen LogP contribution in [-0.2, 0) is 12.0 Å². The fourth-order valence-electron chi connectivity index (χ4n) is 3.72. The first-order valence-electron chi connectivity index (χ1n) is 10.3. The van der Waals surface area contributed by atoms with Crippen molar-refractivity contribution in [3.63, 3.8) is 0 Å². The standard InChI is InChI=1S/C24H34N2O2/c1-24(2,3)22-11-7-8-12-23(22)28-19-21(27)18-26-15-13-25(14-16-26)17-20-9-5-4-6-10-20/h4-12,21,27H,13-19H2,1-3H3/t21-/m0/s1. The van der Waals surface area contributed by atoms with Crippen LogP contribution in [0, 0.1) is 0 Å². The molecule has 0 bridgehead atoms. The van der Waals surface area contributed by atoms with Crippen LogP contribution in [0.1, 0.15) is 31.9 Å². The van der Waals surface area contributed by atoms with Crippen LogP contribution in [0.3, 0.4) is 0 Å². The highest BCUT2D eigenvalue weighted by Crippen LogP contribution is 2.31. The van der Waals surface area contributed by atoms with Gasteiger partial charge in [-0.2, -0.15) is 0 Å². The van der Waals surface area contributed by atoms with E-state index in [1.54, 1.807) is 0 Å². The molecule has 0 unspecified atom stereocenters. The van der Waals surface area contributed by atoms with E-state index in [1.165, 1.54) is 11.1 Å². The van der Waals surface area contributed by atoms with Gasteiger partial charge in [0, 0.05) is 39.3 Å². The number of benzene rings is 2. The molecular formula is C24H34N2O2. The minimum absolute atomic E-state index is 0.0244. The molecule has 0 aliphatic carbocycles. The van der Waals surface area contributed by atoms with E-state index in [0.29, 0.717) is 13.2 Å². The first kappa shape index (κ1) is 20.8. The number of β-amino-alcohol motifs (C(OH)–C–C–N with tert-alkyl or cyclic N) is 1. The summed E-state index contributed by atoms with van der Waals surface area (Å²) in [7, 11) is 0. The topological polar surface area (TPSA) is 35.9 Å². The number of para-hydroxylation sites is 1. The Morgan fingerprint density at radius 1 is 0.893 bits per heavy atom. The molecule has 28 heavy (non-hydrogen) atoms. The molecule has 0 spiro atoms. The summed E-state index contributed by atoms with van der Waals surface area (Å²) in [5.41, 5.74) is 2.56. The summed E-state index contributed by atoms with van der Waals surface area (Å²) < 4.78 is 5.98. The zero-order chi connectivity index (χ0) is 20.0. The molecule has 1 aliphatic rings. The van der Waals surface area contributed by atoms with E-state index in [-0.39, 0.29) is 5.41 Å². The largest absolute Gasteiger partial charge is 0.491 e. The Morgan fingerprint density at radius 2 is 1.50 bits per heavy atom. The Balaban J connectivity index is 1.42. The van der Waals surface area contributed by atoms with Crippen molar-refractivity contribution < 1.29 is 9.84 Å². The summed E-state index contributed by atoms with van der Waals surface area (Å²) >= 11 is 0. The first-order valence-corrected chi connectivity index (χ1v) is 10.3. The van der Waals surface area contributed by atoms with E-state index < -0.39 is 6.10 Å². The molecule has 1 fully saturated rings. The molecule has 0 amide bonds. The molecule has 3 rings (SSSR count). The van der Waals surface area contributed by atoms with Gasteiger partial charge in [-0.05, 0) is 22.6 Å². The highest BCUT2D eigenvalue weighted by atomic mass is 16.5. The number of ether oxygens (including phenoxy) is 1. The van der Waals surface area contributed by atoms with Crippen molar-refractivity contribution in [3.05, 3.63) is 65.7 Å². The number of hydrogen-bond acceptors (Lipinski definition) is 4. The molecule has 1 heterocycles. The fourth-order valence-corrected chi connectivity index (χ4v) is 3.72. The van der Waals surface area contributed by atoms with E-state index in [2.05, 4.69) is 67.0 Å². The van der Waals surface area contributed by atoms with Crippen LogP contribution in [0.4, 0.5) is 0 Å². The van der Waals surface area contributed by atoms with Crippen molar-refractivity contribution in [3.8, 4) is 5.75 Å². The maximum Gasteiger partial charge on any atom is 0.123 e. The van der Waals surface area contributed by atoms with Gasteiger partial charge in [-0.15, -0.1) is 0 Å². The van der Waals surface area contributed by atoms with Gasteiger partial charge in [-0.3, -0.25) is 9.80 Å². The van der Waals surface area contributed by atoms with Gasteiger partial charge in [-0.25, -0.2) is 0 Å². The molecule has 2 aromatic carbocycles. The second-order valence-electron chi connectivity index (χ2n) is 8.77. The zero-order valence-electron chi connectivity index (χ0n) is 17.5. The van der Waals surface area contributed by atoms with Crippen molar-refractivity contribution in [2.24, 2.45) is 0 Å². The van der Waals surface area contributed by atoms with Gasteiger partial charge in [0.05, 0.1) is 0 Å². The third kappa shape index (κ3) is 6.06. The average molecular weight is 383 g/mol. The van der Waals surface area contributed by atoms with E-state index in [0.717, 1.165) is 38.5 Å². The quantitative estimate of drug-likeness (QED) is 0.795. The lowest BCUT2D eigenvalue weighted by Gasteiger charge is -2.35. The van der Waals surface area contributed by atoms with Crippen LogP contribution < -0.4 is 4.74 Å². The number of piperazine rings is 1. The van der Waals surface area contributed by atoms with Crippen LogP contribution in [0.5, 0.6) is 5.75 Å². The van der Waals surface area contributed by atoms with E-state index in [9.17, 15) is 5.11 Å².